The molecule has 0 fully saturated rings. The Kier molecular flexibility index (Phi) is 5.12. The predicted octanol–water partition coefficient (Wildman–Crippen LogP) is 2.72. The van der Waals surface area contributed by atoms with Gasteiger partial charge in [0.25, 0.3) is 0 Å². The number of nitrogens with zero attached hydrogens (tertiary/aromatic N) is 2. The van der Waals surface area contributed by atoms with E-state index in [2.05, 4.69) is 15.5 Å². The molecule has 0 atom stereocenters. The molecule has 0 saturated heterocycles. The average molecular weight is 307 g/mol. The maximum Gasteiger partial charge on any atom is 0.232 e. The number of rotatable bonds is 6. The second-order valence-corrected chi connectivity index (χ2v) is 6.98. The molecule has 0 saturated carbocycles. The normalized spacial score (nSPS) is 11.6. The minimum absolute atomic E-state index is 0.0583. The Morgan fingerprint density at radius 2 is 2.19 bits per heavy atom. The fourth-order valence-electron chi connectivity index (χ4n) is 1.75. The van der Waals surface area contributed by atoms with Gasteiger partial charge in [0.2, 0.25) is 11.8 Å². The van der Waals surface area contributed by atoms with E-state index in [9.17, 15) is 4.79 Å². The fourth-order valence-corrected chi connectivity index (χ4v) is 2.46. The molecular formula is C15H21N3O2S. The van der Waals surface area contributed by atoms with Crippen LogP contribution in [-0.2, 0) is 23.1 Å². The highest BCUT2D eigenvalue weighted by Crippen LogP contribution is 2.19. The van der Waals surface area contributed by atoms with Crippen molar-refractivity contribution in [2.24, 2.45) is 0 Å². The van der Waals surface area contributed by atoms with Crippen molar-refractivity contribution in [1.29, 1.82) is 0 Å². The van der Waals surface area contributed by atoms with E-state index in [-0.39, 0.29) is 11.3 Å². The summed E-state index contributed by atoms with van der Waals surface area (Å²) < 4.78 is 5.21. The number of hydrogen-bond donors (Lipinski definition) is 1. The summed E-state index contributed by atoms with van der Waals surface area (Å²) in [7, 11) is 0. The van der Waals surface area contributed by atoms with Crippen molar-refractivity contribution in [3.63, 3.8) is 0 Å². The van der Waals surface area contributed by atoms with Gasteiger partial charge in [-0.3, -0.25) is 4.79 Å². The van der Waals surface area contributed by atoms with Crippen molar-refractivity contribution in [2.75, 3.05) is 6.54 Å². The lowest BCUT2D eigenvalue weighted by Crippen LogP contribution is -2.26. The Hall–Kier alpha value is -1.69. The fraction of sp³-hybridized carbons (Fsp3) is 0.533. The van der Waals surface area contributed by atoms with E-state index >= 15 is 0 Å². The quantitative estimate of drug-likeness (QED) is 0.891. The number of aromatic nitrogens is 2. The minimum atomic E-state index is -0.144. The molecule has 2 heterocycles. The number of amides is 1. The third-order valence-corrected chi connectivity index (χ3v) is 3.90. The first-order valence-electron chi connectivity index (χ1n) is 7.07. The molecular weight excluding hydrogens is 286 g/mol. The summed E-state index contributed by atoms with van der Waals surface area (Å²) in [6.45, 7) is 6.61. The number of carbonyl (C=O) groups excluding carboxylic acids is 1. The molecule has 2 aromatic rings. The zero-order valence-corrected chi connectivity index (χ0v) is 13.5. The van der Waals surface area contributed by atoms with Gasteiger partial charge in [-0.25, -0.2) is 0 Å². The Bertz CT molecular complexity index is 570. The van der Waals surface area contributed by atoms with Crippen molar-refractivity contribution in [3.05, 3.63) is 34.1 Å². The molecule has 0 unspecified atom stereocenters. The summed E-state index contributed by atoms with van der Waals surface area (Å²) >= 11 is 1.68. The molecule has 6 heteroatoms. The molecule has 21 heavy (non-hydrogen) atoms. The summed E-state index contributed by atoms with van der Waals surface area (Å²) in [5.41, 5.74) is -0.144. The third-order valence-electron chi connectivity index (χ3n) is 2.96. The Labute approximate surface area is 128 Å². The van der Waals surface area contributed by atoms with Gasteiger partial charge in [-0.15, -0.1) is 11.3 Å². The van der Waals surface area contributed by atoms with Crippen LogP contribution >= 0.6 is 11.3 Å². The number of thiophene rings is 1. The zero-order valence-electron chi connectivity index (χ0n) is 12.7. The highest BCUT2D eigenvalue weighted by atomic mass is 32.1. The lowest BCUT2D eigenvalue weighted by molar-refractivity contribution is -0.121. The van der Waals surface area contributed by atoms with Crippen molar-refractivity contribution in [3.8, 4) is 0 Å². The second-order valence-electron chi connectivity index (χ2n) is 5.95. The van der Waals surface area contributed by atoms with Gasteiger partial charge in [-0.05, 0) is 17.9 Å². The molecule has 2 aromatic heterocycles. The first kappa shape index (κ1) is 15.7. The van der Waals surface area contributed by atoms with Crippen LogP contribution in [0.1, 0.15) is 43.8 Å². The topological polar surface area (TPSA) is 68.0 Å². The van der Waals surface area contributed by atoms with Gasteiger partial charge in [-0.1, -0.05) is 32.0 Å². The van der Waals surface area contributed by atoms with E-state index in [1.165, 1.54) is 4.88 Å². The average Bonchev–Trinajstić information content (AvgIpc) is 3.07. The monoisotopic (exact) mass is 307 g/mol. The number of carbonyl (C=O) groups is 1. The number of hydrogen-bond acceptors (Lipinski definition) is 5. The van der Waals surface area contributed by atoms with Gasteiger partial charge in [0.15, 0.2) is 5.82 Å². The van der Waals surface area contributed by atoms with Crippen LogP contribution in [0.2, 0.25) is 0 Å². The van der Waals surface area contributed by atoms with Gasteiger partial charge >= 0.3 is 0 Å². The smallest absolute Gasteiger partial charge is 0.232 e. The van der Waals surface area contributed by atoms with Gasteiger partial charge in [-0.2, -0.15) is 4.98 Å². The van der Waals surface area contributed by atoms with Gasteiger partial charge in [0, 0.05) is 29.7 Å². The van der Waals surface area contributed by atoms with Crippen molar-refractivity contribution in [2.45, 2.75) is 45.4 Å². The minimum Gasteiger partial charge on any atom is -0.356 e. The Balaban J connectivity index is 1.69. The van der Waals surface area contributed by atoms with E-state index in [0.717, 1.165) is 6.42 Å². The molecule has 0 aliphatic rings. The molecule has 0 spiro atoms. The van der Waals surface area contributed by atoms with Gasteiger partial charge < -0.3 is 9.84 Å². The van der Waals surface area contributed by atoms with E-state index in [1.54, 1.807) is 11.3 Å². The van der Waals surface area contributed by atoms with Crippen LogP contribution in [0.25, 0.3) is 0 Å². The molecule has 5 nitrogen and oxygen atoms in total. The maximum absolute atomic E-state index is 11.7. The summed E-state index contributed by atoms with van der Waals surface area (Å²) in [4.78, 5) is 17.3. The SMILES string of the molecule is CC(C)(C)c1nc(CCNC(=O)CCc2cccs2)no1. The highest BCUT2D eigenvalue weighted by molar-refractivity contribution is 7.09. The lowest BCUT2D eigenvalue weighted by Gasteiger charge is -2.10. The molecule has 0 bridgehead atoms. The zero-order chi connectivity index (χ0) is 15.3. The van der Waals surface area contributed by atoms with E-state index in [1.807, 2.05) is 38.3 Å². The highest BCUT2D eigenvalue weighted by Gasteiger charge is 2.21. The summed E-state index contributed by atoms with van der Waals surface area (Å²) in [6.07, 6.45) is 1.89. The lowest BCUT2D eigenvalue weighted by atomic mass is 9.97. The van der Waals surface area contributed by atoms with Crippen LogP contribution in [0.5, 0.6) is 0 Å². The van der Waals surface area contributed by atoms with Crippen LogP contribution in [0.3, 0.4) is 0 Å². The van der Waals surface area contributed by atoms with Crippen LogP contribution in [0.15, 0.2) is 22.0 Å². The third kappa shape index (κ3) is 4.97. The van der Waals surface area contributed by atoms with Crippen molar-refractivity contribution in [1.82, 2.24) is 15.5 Å². The van der Waals surface area contributed by atoms with Crippen LogP contribution in [0.4, 0.5) is 0 Å². The predicted molar refractivity (Wildman–Crippen MR) is 82.4 cm³/mol. The standard InChI is InChI=1S/C15H21N3O2S/c1-15(2,3)14-17-12(18-20-14)8-9-16-13(19)7-6-11-5-4-10-21-11/h4-5,10H,6-9H2,1-3H3,(H,16,19). The maximum atomic E-state index is 11.7. The molecule has 0 aliphatic carbocycles. The van der Waals surface area contributed by atoms with Crippen molar-refractivity contribution >= 4 is 17.2 Å². The van der Waals surface area contributed by atoms with Gasteiger partial charge in [0.05, 0.1) is 0 Å². The summed E-state index contributed by atoms with van der Waals surface area (Å²) in [6, 6.07) is 4.05. The van der Waals surface area contributed by atoms with Crippen LogP contribution in [0, 0.1) is 0 Å². The first-order chi connectivity index (χ1) is 9.95. The van der Waals surface area contributed by atoms with Gasteiger partial charge in [0.1, 0.15) is 0 Å². The van der Waals surface area contributed by atoms with E-state index in [0.29, 0.717) is 31.1 Å². The molecule has 114 valence electrons. The molecule has 0 radical (unpaired) electrons. The Morgan fingerprint density at radius 1 is 1.38 bits per heavy atom. The molecule has 2 rings (SSSR count). The first-order valence-corrected chi connectivity index (χ1v) is 7.95. The number of aryl methyl sites for hydroxylation is 1. The van der Waals surface area contributed by atoms with Crippen LogP contribution in [-0.4, -0.2) is 22.6 Å². The number of nitrogens with one attached hydrogen (secondary N) is 1. The summed E-state index contributed by atoms with van der Waals surface area (Å²) in [5, 5.41) is 8.84. The second kappa shape index (κ2) is 6.85. The molecule has 1 N–H and O–H groups in total. The van der Waals surface area contributed by atoms with Crippen molar-refractivity contribution < 1.29 is 9.32 Å². The molecule has 0 aliphatic heterocycles. The van der Waals surface area contributed by atoms with Crippen LogP contribution < -0.4 is 5.32 Å². The Morgan fingerprint density at radius 3 is 2.81 bits per heavy atom. The van der Waals surface area contributed by atoms with E-state index in [4.69, 9.17) is 4.52 Å². The summed E-state index contributed by atoms with van der Waals surface area (Å²) in [5.74, 6) is 1.32. The molecule has 0 aromatic carbocycles. The van der Waals surface area contributed by atoms with E-state index < -0.39 is 0 Å². The largest absolute Gasteiger partial charge is 0.356 e. The molecule has 1 amide bonds.